The first-order valence-corrected chi connectivity index (χ1v) is 10.7. The molecule has 0 spiro atoms. The van der Waals surface area contributed by atoms with Crippen molar-refractivity contribution in [1.82, 2.24) is 0 Å². The van der Waals surface area contributed by atoms with Gasteiger partial charge in [0, 0.05) is 9.79 Å². The van der Waals surface area contributed by atoms with Crippen molar-refractivity contribution in [3.05, 3.63) is 119 Å². The van der Waals surface area contributed by atoms with Crippen LogP contribution in [0.4, 0.5) is 0 Å². The van der Waals surface area contributed by atoms with E-state index in [-0.39, 0.29) is 0 Å². The van der Waals surface area contributed by atoms with Crippen molar-refractivity contribution in [1.29, 1.82) is 0 Å². The van der Waals surface area contributed by atoms with Crippen LogP contribution in [0, 0.1) is 0 Å². The minimum Gasteiger partial charge on any atom is -0.143 e. The lowest BCUT2D eigenvalue weighted by Crippen LogP contribution is -1.80. The molecule has 0 bridgehead atoms. The minimum absolute atomic E-state index is 0.977. The zero-order chi connectivity index (χ0) is 20.8. The third-order valence-electron chi connectivity index (χ3n) is 4.88. The Morgan fingerprint density at radius 3 is 0.833 bits per heavy atom. The summed E-state index contributed by atoms with van der Waals surface area (Å²) in [4.78, 5) is 1.95. The molecule has 0 aliphatic carbocycles. The van der Waals surface area contributed by atoms with Gasteiger partial charge in [0.1, 0.15) is 0 Å². The zero-order valence-electron chi connectivity index (χ0n) is 16.4. The summed E-state index contributed by atoms with van der Waals surface area (Å²) in [6.07, 6.45) is 8.50. The van der Waals surface area contributed by atoms with Crippen LogP contribution in [0.15, 0.2) is 107 Å². The summed E-state index contributed by atoms with van der Waals surface area (Å²) in [5.74, 6) is 0. The smallest absolute Gasteiger partial charge is 0.00403 e. The van der Waals surface area contributed by atoms with E-state index >= 15 is 0 Å². The molecule has 0 N–H and O–H groups in total. The Bertz CT molecular complexity index is 1050. The third-order valence-corrected chi connectivity index (χ3v) is 5.47. The molecule has 146 valence electrons. The van der Waals surface area contributed by atoms with Crippen LogP contribution in [0.2, 0.25) is 0 Å². The predicted octanol–water partition coefficient (Wildman–Crippen LogP) is 8.27. The molecule has 4 aromatic carbocycles. The summed E-state index contributed by atoms with van der Waals surface area (Å²) in [5.41, 5.74) is 7.13. The summed E-state index contributed by atoms with van der Waals surface area (Å²) in [6.45, 7) is 0. The summed E-state index contributed by atoms with van der Waals surface area (Å²) < 4.78 is 0. The molecule has 0 atom stereocenters. The van der Waals surface area contributed by atoms with E-state index in [2.05, 4.69) is 122 Å². The molecule has 0 saturated carbocycles. The van der Waals surface area contributed by atoms with Crippen LogP contribution in [-0.2, 0) is 0 Å². The van der Waals surface area contributed by atoms with Crippen LogP contribution in [0.3, 0.4) is 0 Å². The Kier molecular flexibility index (Phi) is 6.58. The molecule has 0 fully saturated rings. The van der Waals surface area contributed by atoms with Gasteiger partial charge in [-0.25, -0.2) is 0 Å². The summed E-state index contributed by atoms with van der Waals surface area (Å²) in [7, 11) is 0. The number of hydrogen-bond acceptors (Lipinski definition) is 2. The summed E-state index contributed by atoms with van der Waals surface area (Å²) in [6, 6.07) is 33.6. The highest BCUT2D eigenvalue weighted by Crippen LogP contribution is 2.22. The SMILES string of the molecule is Sc1ccc(C=Cc2ccc(-c3ccc(C=Cc4ccc(S)cc4)cc3)cc2)cc1. The first kappa shape index (κ1) is 20.3. The molecule has 0 aliphatic heterocycles. The summed E-state index contributed by atoms with van der Waals surface area (Å²) in [5, 5.41) is 0. The van der Waals surface area contributed by atoms with E-state index in [1.54, 1.807) is 0 Å². The predicted molar refractivity (Wildman–Crippen MR) is 137 cm³/mol. The highest BCUT2D eigenvalue weighted by Gasteiger charge is 1.98. The van der Waals surface area contributed by atoms with Crippen molar-refractivity contribution in [3.63, 3.8) is 0 Å². The first-order chi connectivity index (χ1) is 14.7. The second-order valence-corrected chi connectivity index (χ2v) is 8.13. The molecule has 0 unspecified atom stereocenters. The standard InChI is InChI=1S/C28H22S2/c29-27-17-9-23(10-18-27)3-1-21-5-13-25(14-6-21)26-15-7-22(8-16-26)2-4-24-11-19-28(30)20-12-24/h1-20,29-30H. The van der Waals surface area contributed by atoms with Gasteiger partial charge in [0.05, 0.1) is 0 Å². The normalized spacial score (nSPS) is 11.4. The highest BCUT2D eigenvalue weighted by atomic mass is 32.1. The van der Waals surface area contributed by atoms with Crippen molar-refractivity contribution >= 4 is 49.6 Å². The van der Waals surface area contributed by atoms with Crippen LogP contribution < -0.4 is 0 Å². The molecule has 0 aliphatic rings. The first-order valence-electron chi connectivity index (χ1n) is 9.80. The number of rotatable bonds is 5. The molecule has 0 nitrogen and oxygen atoms in total. The summed E-state index contributed by atoms with van der Waals surface area (Å²) >= 11 is 8.65. The number of hydrogen-bond donors (Lipinski definition) is 2. The van der Waals surface area contributed by atoms with E-state index in [0.717, 1.165) is 9.79 Å². The van der Waals surface area contributed by atoms with E-state index in [0.29, 0.717) is 0 Å². The molecule has 0 radical (unpaired) electrons. The molecule has 0 heterocycles. The lowest BCUT2D eigenvalue weighted by atomic mass is 10.0. The minimum atomic E-state index is 0.977. The van der Waals surface area contributed by atoms with Crippen molar-refractivity contribution in [3.8, 4) is 11.1 Å². The Morgan fingerprint density at radius 1 is 0.333 bits per heavy atom. The van der Waals surface area contributed by atoms with Gasteiger partial charge in [-0.2, -0.15) is 0 Å². The Labute approximate surface area is 189 Å². The fourth-order valence-electron chi connectivity index (χ4n) is 3.13. The Morgan fingerprint density at radius 2 is 0.567 bits per heavy atom. The van der Waals surface area contributed by atoms with Gasteiger partial charge >= 0.3 is 0 Å². The molecule has 2 heteroatoms. The van der Waals surface area contributed by atoms with Gasteiger partial charge in [-0.15, -0.1) is 25.3 Å². The number of thiol groups is 2. The van der Waals surface area contributed by atoms with Crippen LogP contribution >= 0.6 is 25.3 Å². The van der Waals surface area contributed by atoms with E-state index in [4.69, 9.17) is 0 Å². The van der Waals surface area contributed by atoms with Crippen molar-refractivity contribution in [2.75, 3.05) is 0 Å². The van der Waals surface area contributed by atoms with E-state index in [1.165, 1.54) is 33.4 Å². The lowest BCUT2D eigenvalue weighted by molar-refractivity contribution is 1.46. The van der Waals surface area contributed by atoms with Gasteiger partial charge in [-0.05, 0) is 57.6 Å². The molecule has 4 rings (SSSR count). The van der Waals surface area contributed by atoms with Gasteiger partial charge < -0.3 is 0 Å². The quantitative estimate of drug-likeness (QED) is 0.235. The Hall–Kier alpha value is -2.94. The van der Waals surface area contributed by atoms with Crippen molar-refractivity contribution < 1.29 is 0 Å². The number of benzene rings is 4. The van der Waals surface area contributed by atoms with Gasteiger partial charge in [0.2, 0.25) is 0 Å². The molecule has 0 amide bonds. The molecule has 0 aromatic heterocycles. The molecular weight excluding hydrogens is 400 g/mol. The largest absolute Gasteiger partial charge is 0.143 e. The fourth-order valence-corrected chi connectivity index (χ4v) is 3.43. The van der Waals surface area contributed by atoms with Gasteiger partial charge in [-0.1, -0.05) is 97.1 Å². The van der Waals surface area contributed by atoms with Gasteiger partial charge in [-0.3, -0.25) is 0 Å². The van der Waals surface area contributed by atoms with E-state index in [9.17, 15) is 0 Å². The molecule has 0 saturated heterocycles. The fraction of sp³-hybridized carbons (Fsp3) is 0. The van der Waals surface area contributed by atoms with Crippen molar-refractivity contribution in [2.24, 2.45) is 0 Å². The van der Waals surface area contributed by atoms with Crippen LogP contribution in [0.5, 0.6) is 0 Å². The highest BCUT2D eigenvalue weighted by molar-refractivity contribution is 7.80. The maximum atomic E-state index is 4.32. The molecular formula is C28H22S2. The second kappa shape index (κ2) is 9.71. The average molecular weight is 423 g/mol. The second-order valence-electron chi connectivity index (χ2n) is 7.09. The maximum absolute atomic E-state index is 4.32. The zero-order valence-corrected chi connectivity index (χ0v) is 18.2. The average Bonchev–Trinajstić information content (AvgIpc) is 2.79. The van der Waals surface area contributed by atoms with E-state index < -0.39 is 0 Å². The van der Waals surface area contributed by atoms with Crippen LogP contribution in [0.1, 0.15) is 22.3 Å². The third kappa shape index (κ3) is 5.56. The molecule has 30 heavy (non-hydrogen) atoms. The van der Waals surface area contributed by atoms with Gasteiger partial charge in [0.25, 0.3) is 0 Å². The Balaban J connectivity index is 1.42. The topological polar surface area (TPSA) is 0 Å². The lowest BCUT2D eigenvalue weighted by Gasteiger charge is -2.04. The maximum Gasteiger partial charge on any atom is 0.00403 e. The van der Waals surface area contributed by atoms with Crippen LogP contribution in [0.25, 0.3) is 35.4 Å². The monoisotopic (exact) mass is 422 g/mol. The van der Waals surface area contributed by atoms with Gasteiger partial charge in [0.15, 0.2) is 0 Å². The van der Waals surface area contributed by atoms with Crippen molar-refractivity contribution in [2.45, 2.75) is 9.79 Å². The molecule has 4 aromatic rings. The van der Waals surface area contributed by atoms with E-state index in [1.807, 2.05) is 24.3 Å². The van der Waals surface area contributed by atoms with Crippen LogP contribution in [-0.4, -0.2) is 0 Å².